The van der Waals surface area contributed by atoms with Crippen molar-refractivity contribution in [1.82, 2.24) is 4.98 Å². The van der Waals surface area contributed by atoms with Crippen LogP contribution in [0.2, 0.25) is 0 Å². The summed E-state index contributed by atoms with van der Waals surface area (Å²) in [5.74, 6) is 0.0442. The van der Waals surface area contributed by atoms with Gasteiger partial charge in [0.1, 0.15) is 6.17 Å². The Kier molecular flexibility index (Phi) is 10.6. The molecule has 1 aromatic carbocycles. The van der Waals surface area contributed by atoms with Crippen molar-refractivity contribution in [3.8, 4) is 0 Å². The molecule has 2 aromatic rings. The van der Waals surface area contributed by atoms with Gasteiger partial charge in [0.25, 0.3) is 0 Å². The first-order chi connectivity index (χ1) is 9.31. The van der Waals surface area contributed by atoms with Crippen LogP contribution in [0.4, 0.5) is 4.39 Å². The summed E-state index contributed by atoms with van der Waals surface area (Å²) in [6, 6.07) is 8.14. The molecule has 4 heteroatoms. The van der Waals surface area contributed by atoms with Crippen molar-refractivity contribution in [2.75, 3.05) is 0 Å². The zero-order chi connectivity index (χ0) is 13.2. The first kappa shape index (κ1) is 22.5. The minimum absolute atomic E-state index is 0. The summed E-state index contributed by atoms with van der Waals surface area (Å²) in [6.07, 6.45) is 4.79. The number of hydrogen-bond donors (Lipinski definition) is 0. The van der Waals surface area contributed by atoms with Crippen molar-refractivity contribution in [3.63, 3.8) is 0 Å². The van der Waals surface area contributed by atoms with E-state index < -0.39 is 6.17 Å². The van der Waals surface area contributed by atoms with Crippen LogP contribution in [-0.4, -0.2) is 6.17 Å². The normalized spacial score (nSPS) is 20.6. The molecule has 1 saturated carbocycles. The van der Waals surface area contributed by atoms with Gasteiger partial charge in [-0.05, 0) is 18.2 Å². The molecule has 0 saturated heterocycles. The molecular formula is C18H23FNWY-. The molecule has 3 rings (SSSR count). The van der Waals surface area contributed by atoms with Gasteiger partial charge in [-0.15, -0.1) is 5.52 Å². The Hall–Kier alpha value is 0.482. The summed E-state index contributed by atoms with van der Waals surface area (Å²) in [6.45, 7) is 3.92. The van der Waals surface area contributed by atoms with Crippen LogP contribution < -0.4 is 4.98 Å². The Morgan fingerprint density at radius 2 is 1.86 bits per heavy atom. The molecule has 22 heavy (non-hydrogen) atoms. The van der Waals surface area contributed by atoms with E-state index >= 15 is 0 Å². The van der Waals surface area contributed by atoms with Crippen molar-refractivity contribution in [1.29, 1.82) is 0 Å². The Morgan fingerprint density at radius 3 is 2.55 bits per heavy atom. The van der Waals surface area contributed by atoms with Crippen molar-refractivity contribution >= 4 is 10.9 Å². The summed E-state index contributed by atoms with van der Waals surface area (Å²) >= 11 is 0. The van der Waals surface area contributed by atoms with Crippen LogP contribution in [0.25, 0.3) is 10.9 Å². The van der Waals surface area contributed by atoms with Crippen LogP contribution in [-0.2, 0) is 60.2 Å². The maximum Gasteiger partial charge on any atom is 2.00 e. The van der Waals surface area contributed by atoms with Crippen molar-refractivity contribution in [2.24, 2.45) is 0 Å². The van der Waals surface area contributed by atoms with Gasteiger partial charge < -0.3 is 19.3 Å². The fraction of sp³-hybridized carbons (Fsp3) is 0.444. The molecule has 1 nitrogen and oxygen atoms in total. The minimum atomic E-state index is -0.704. The Morgan fingerprint density at radius 1 is 1.18 bits per heavy atom. The largest absolute Gasteiger partial charge is 2.00 e. The molecule has 117 valence electrons. The second-order valence-corrected chi connectivity index (χ2v) is 5.50. The molecule has 1 aliphatic rings. The zero-order valence-corrected chi connectivity index (χ0v) is 19.0. The third kappa shape index (κ3) is 4.52. The van der Waals surface area contributed by atoms with Crippen molar-refractivity contribution in [2.45, 2.75) is 50.6 Å². The number of fused-ring (bicyclic) bond motifs is 1. The van der Waals surface area contributed by atoms with E-state index in [2.05, 4.69) is 13.0 Å². The smallest absolute Gasteiger partial charge is 0.661 e. The molecule has 2 atom stereocenters. The van der Waals surface area contributed by atoms with E-state index in [1.165, 1.54) is 5.56 Å². The number of para-hydroxylation sites is 1. The molecule has 1 aromatic heterocycles. The average molecular weight is 545 g/mol. The quantitative estimate of drug-likeness (QED) is 0.496. The number of halogens is 1. The SMILES string of the molecule is [CH2-]CCc1[n-]c2ccccc2c1C1CCCCC1F.[CH3-].[W+2].[Y]. The van der Waals surface area contributed by atoms with E-state index in [-0.39, 0.29) is 67.1 Å². The van der Waals surface area contributed by atoms with E-state index in [9.17, 15) is 4.39 Å². The van der Waals surface area contributed by atoms with Gasteiger partial charge in [-0.3, -0.25) is 0 Å². The fourth-order valence-electron chi connectivity index (χ4n) is 3.34. The molecule has 0 N–H and O–H groups in total. The Balaban J connectivity index is 0.00000147. The standard InChI is InChI=1S/C17H20FN.CH3.W.Y/c1-2-7-16-17(12-8-3-5-10-14(12)18)13-9-4-6-11-15(13)19-16;;;/h4,6,9,11-12,14H,1-3,5,7-8,10H2;1H3;;/q-2;-1;+2;. The van der Waals surface area contributed by atoms with Crippen LogP contribution in [0.15, 0.2) is 24.3 Å². The van der Waals surface area contributed by atoms with Crippen LogP contribution >= 0.6 is 0 Å². The molecule has 1 fully saturated rings. The van der Waals surface area contributed by atoms with Gasteiger partial charge in [0, 0.05) is 38.6 Å². The summed E-state index contributed by atoms with van der Waals surface area (Å²) in [7, 11) is 0. The van der Waals surface area contributed by atoms with Gasteiger partial charge in [-0.1, -0.05) is 49.1 Å². The third-order valence-electron chi connectivity index (χ3n) is 4.23. The van der Waals surface area contributed by atoms with Crippen molar-refractivity contribution < 1.29 is 58.2 Å². The van der Waals surface area contributed by atoms with Crippen LogP contribution in [0, 0.1) is 14.4 Å². The van der Waals surface area contributed by atoms with Gasteiger partial charge in [-0.25, -0.2) is 4.39 Å². The van der Waals surface area contributed by atoms with Crippen LogP contribution in [0.3, 0.4) is 0 Å². The number of nitrogens with zero attached hydrogens (tertiary/aromatic N) is 1. The second-order valence-electron chi connectivity index (χ2n) is 5.50. The fourth-order valence-corrected chi connectivity index (χ4v) is 3.34. The zero-order valence-electron chi connectivity index (χ0n) is 13.2. The molecule has 0 spiro atoms. The Bertz CT molecular complexity index is 569. The number of hydrogen-bond acceptors (Lipinski definition) is 0. The molecule has 1 heterocycles. The number of rotatable bonds is 3. The van der Waals surface area contributed by atoms with Crippen LogP contribution in [0.5, 0.6) is 0 Å². The summed E-state index contributed by atoms with van der Waals surface area (Å²) < 4.78 is 14.3. The number of benzene rings is 1. The van der Waals surface area contributed by atoms with Gasteiger partial charge in [0.2, 0.25) is 0 Å². The van der Waals surface area contributed by atoms with Crippen molar-refractivity contribution in [3.05, 3.63) is 49.9 Å². The molecular weight excluding hydrogens is 522 g/mol. The van der Waals surface area contributed by atoms with E-state index in [4.69, 9.17) is 4.98 Å². The second kappa shape index (κ2) is 10.4. The molecule has 1 aliphatic carbocycles. The molecule has 2 unspecified atom stereocenters. The summed E-state index contributed by atoms with van der Waals surface area (Å²) in [5.41, 5.74) is 3.26. The van der Waals surface area contributed by atoms with E-state index in [0.29, 0.717) is 6.42 Å². The molecule has 1 radical (unpaired) electrons. The molecule has 0 aliphatic heterocycles. The van der Waals surface area contributed by atoms with Gasteiger partial charge in [0.15, 0.2) is 0 Å². The summed E-state index contributed by atoms with van der Waals surface area (Å²) in [4.78, 5) is 4.71. The topological polar surface area (TPSA) is 14.1 Å². The van der Waals surface area contributed by atoms with E-state index in [1.54, 1.807) is 0 Å². The van der Waals surface area contributed by atoms with Gasteiger partial charge in [-0.2, -0.15) is 12.1 Å². The maximum absolute atomic E-state index is 14.3. The van der Waals surface area contributed by atoms with E-state index in [1.807, 2.05) is 18.2 Å². The first-order valence-electron chi connectivity index (χ1n) is 7.28. The number of aryl methyl sites for hydroxylation is 1. The molecule has 0 amide bonds. The minimum Gasteiger partial charge on any atom is -0.661 e. The Labute approximate surface area is 173 Å². The van der Waals surface area contributed by atoms with Crippen LogP contribution in [0.1, 0.15) is 49.3 Å². The number of aromatic nitrogens is 1. The maximum atomic E-state index is 14.3. The predicted octanol–water partition coefficient (Wildman–Crippen LogP) is 5.00. The van der Waals surface area contributed by atoms with Gasteiger partial charge in [0.05, 0.1) is 0 Å². The number of alkyl halides is 1. The average Bonchev–Trinajstić information content (AvgIpc) is 2.78. The predicted molar refractivity (Wildman–Crippen MR) is 83.5 cm³/mol. The molecule has 0 bridgehead atoms. The van der Waals surface area contributed by atoms with Gasteiger partial charge >= 0.3 is 21.1 Å². The monoisotopic (exact) mass is 545 g/mol. The van der Waals surface area contributed by atoms with E-state index in [0.717, 1.165) is 48.7 Å². The third-order valence-corrected chi connectivity index (χ3v) is 4.23. The first-order valence-corrected chi connectivity index (χ1v) is 7.28. The summed E-state index contributed by atoms with van der Waals surface area (Å²) in [5, 5.41) is 1.15.